The van der Waals surface area contributed by atoms with Gasteiger partial charge in [-0.15, -0.1) is 0 Å². The van der Waals surface area contributed by atoms with Crippen LogP contribution in [0.1, 0.15) is 71.8 Å². The van der Waals surface area contributed by atoms with Gasteiger partial charge in [-0.3, -0.25) is 0 Å². The highest BCUT2D eigenvalue weighted by Gasteiger charge is 2.33. The lowest BCUT2D eigenvalue weighted by molar-refractivity contribution is 0.139. The molecule has 142 valence electrons. The molecule has 0 aliphatic heterocycles. The van der Waals surface area contributed by atoms with Gasteiger partial charge in [0.25, 0.3) is 0 Å². The summed E-state index contributed by atoms with van der Waals surface area (Å²) in [5, 5.41) is 0. The lowest BCUT2D eigenvalue weighted by Crippen LogP contribution is -2.30. The Morgan fingerprint density at radius 1 is 1.04 bits per heavy atom. The Bertz CT molecular complexity index is 527. The van der Waals surface area contributed by atoms with Gasteiger partial charge < -0.3 is 15.2 Å². The molecule has 0 aromatic heterocycles. The zero-order valence-electron chi connectivity index (χ0n) is 16.8. The van der Waals surface area contributed by atoms with Crippen molar-refractivity contribution in [2.75, 3.05) is 19.8 Å². The van der Waals surface area contributed by atoms with E-state index in [1.807, 2.05) is 19.9 Å². The Morgan fingerprint density at radius 3 is 2.20 bits per heavy atom. The number of benzene rings is 1. The molecule has 0 bridgehead atoms. The van der Waals surface area contributed by atoms with Crippen LogP contribution >= 0.6 is 0 Å². The van der Waals surface area contributed by atoms with Gasteiger partial charge in [-0.2, -0.15) is 0 Å². The molecule has 2 N–H and O–H groups in total. The number of hydrogen-bond acceptors (Lipinski definition) is 3. The first kappa shape index (κ1) is 20.1. The molecule has 1 unspecified atom stereocenters. The minimum atomic E-state index is 0.373. The van der Waals surface area contributed by atoms with E-state index in [1.165, 1.54) is 31.2 Å². The van der Waals surface area contributed by atoms with Crippen molar-refractivity contribution in [3.8, 4) is 11.5 Å². The average molecular weight is 348 g/mol. The molecular weight excluding hydrogens is 310 g/mol. The third kappa shape index (κ3) is 5.13. The van der Waals surface area contributed by atoms with E-state index in [9.17, 15) is 0 Å². The third-order valence-electron chi connectivity index (χ3n) is 5.81. The van der Waals surface area contributed by atoms with Crippen molar-refractivity contribution in [1.29, 1.82) is 0 Å². The Kier molecular flexibility index (Phi) is 7.18. The van der Waals surface area contributed by atoms with Crippen molar-refractivity contribution in [3.05, 3.63) is 23.8 Å². The molecule has 3 heteroatoms. The summed E-state index contributed by atoms with van der Waals surface area (Å²) in [6.45, 7) is 13.2. The van der Waals surface area contributed by atoms with E-state index >= 15 is 0 Å². The normalized spacial score (nSPS) is 22.5. The van der Waals surface area contributed by atoms with Crippen LogP contribution in [0, 0.1) is 17.3 Å². The second kappa shape index (κ2) is 8.93. The van der Waals surface area contributed by atoms with E-state index < -0.39 is 0 Å². The number of hydrogen-bond donors (Lipinski definition) is 1. The van der Waals surface area contributed by atoms with Crippen molar-refractivity contribution in [1.82, 2.24) is 0 Å². The lowest BCUT2D eigenvalue weighted by atomic mass is 9.66. The standard InChI is InChI=1S/C22H37NO2/c1-6-24-18-12-13-19(21(14-18)25-7-2)20(15-23)16-8-10-17(11-9-16)22(3,4)5/h12-14,16-17,20H,6-11,15,23H2,1-5H3. The summed E-state index contributed by atoms with van der Waals surface area (Å²) in [5.41, 5.74) is 7.90. The molecule has 0 spiro atoms. The van der Waals surface area contributed by atoms with Gasteiger partial charge in [0.2, 0.25) is 0 Å². The minimum Gasteiger partial charge on any atom is -0.494 e. The predicted octanol–water partition coefficient (Wildman–Crippen LogP) is 5.38. The molecule has 1 atom stereocenters. The largest absolute Gasteiger partial charge is 0.494 e. The van der Waals surface area contributed by atoms with Crippen LogP contribution in [-0.4, -0.2) is 19.8 Å². The molecule has 0 heterocycles. The molecule has 2 rings (SSSR count). The highest BCUT2D eigenvalue weighted by molar-refractivity contribution is 5.43. The summed E-state index contributed by atoms with van der Waals surface area (Å²) in [6.07, 6.45) is 5.16. The third-order valence-corrected chi connectivity index (χ3v) is 5.81. The van der Waals surface area contributed by atoms with Crippen LogP contribution in [0.5, 0.6) is 11.5 Å². The summed E-state index contributed by atoms with van der Waals surface area (Å²) in [7, 11) is 0. The summed E-state index contributed by atoms with van der Waals surface area (Å²) in [4.78, 5) is 0. The Morgan fingerprint density at radius 2 is 1.68 bits per heavy atom. The van der Waals surface area contributed by atoms with E-state index in [4.69, 9.17) is 15.2 Å². The molecule has 0 amide bonds. The second-order valence-electron chi connectivity index (χ2n) is 8.39. The van der Waals surface area contributed by atoms with Crippen LogP contribution in [0.15, 0.2) is 18.2 Å². The van der Waals surface area contributed by atoms with Gasteiger partial charge in [-0.05, 0) is 75.0 Å². The maximum atomic E-state index is 6.23. The van der Waals surface area contributed by atoms with Crippen LogP contribution in [0.2, 0.25) is 0 Å². The molecule has 0 saturated heterocycles. The van der Waals surface area contributed by atoms with Gasteiger partial charge in [0, 0.05) is 12.0 Å². The molecule has 25 heavy (non-hydrogen) atoms. The van der Waals surface area contributed by atoms with E-state index in [2.05, 4.69) is 32.9 Å². The molecule has 1 aromatic carbocycles. The van der Waals surface area contributed by atoms with Crippen molar-refractivity contribution in [3.63, 3.8) is 0 Å². The van der Waals surface area contributed by atoms with Gasteiger partial charge in [0.05, 0.1) is 13.2 Å². The minimum absolute atomic E-state index is 0.373. The van der Waals surface area contributed by atoms with Gasteiger partial charge in [0.1, 0.15) is 11.5 Å². The Balaban J connectivity index is 2.17. The molecule has 1 saturated carbocycles. The fourth-order valence-corrected chi connectivity index (χ4v) is 4.32. The van der Waals surface area contributed by atoms with Gasteiger partial charge in [-0.25, -0.2) is 0 Å². The fourth-order valence-electron chi connectivity index (χ4n) is 4.32. The van der Waals surface area contributed by atoms with E-state index in [0.717, 1.165) is 17.4 Å². The molecule has 0 radical (unpaired) electrons. The molecule has 1 fully saturated rings. The maximum absolute atomic E-state index is 6.23. The molecular formula is C22H37NO2. The second-order valence-corrected chi connectivity index (χ2v) is 8.39. The first-order chi connectivity index (χ1) is 11.9. The van der Waals surface area contributed by atoms with E-state index in [1.54, 1.807) is 0 Å². The first-order valence-electron chi connectivity index (χ1n) is 10.00. The predicted molar refractivity (Wildman–Crippen MR) is 105 cm³/mol. The summed E-state index contributed by atoms with van der Waals surface area (Å²) in [6, 6.07) is 6.26. The SMILES string of the molecule is CCOc1ccc(C(CN)C2CCC(C(C)(C)C)CC2)c(OCC)c1. The quantitative estimate of drug-likeness (QED) is 0.720. The van der Waals surface area contributed by atoms with Crippen molar-refractivity contribution in [2.24, 2.45) is 23.0 Å². The number of nitrogens with two attached hydrogens (primary N) is 1. The Hall–Kier alpha value is -1.22. The topological polar surface area (TPSA) is 44.5 Å². The molecule has 1 aromatic rings. The van der Waals surface area contributed by atoms with Crippen LogP contribution in [-0.2, 0) is 0 Å². The Labute approximate surface area is 154 Å². The summed E-state index contributed by atoms with van der Waals surface area (Å²) in [5.74, 6) is 3.68. The fraction of sp³-hybridized carbons (Fsp3) is 0.727. The summed E-state index contributed by atoms with van der Waals surface area (Å²) < 4.78 is 11.6. The van der Waals surface area contributed by atoms with Crippen molar-refractivity contribution in [2.45, 2.75) is 66.2 Å². The van der Waals surface area contributed by atoms with E-state index in [0.29, 0.717) is 37.0 Å². The van der Waals surface area contributed by atoms with Gasteiger partial charge >= 0.3 is 0 Å². The highest BCUT2D eigenvalue weighted by atomic mass is 16.5. The van der Waals surface area contributed by atoms with Gasteiger partial charge in [-0.1, -0.05) is 26.8 Å². The first-order valence-corrected chi connectivity index (χ1v) is 10.00. The zero-order chi connectivity index (χ0) is 18.4. The van der Waals surface area contributed by atoms with E-state index in [-0.39, 0.29) is 0 Å². The van der Waals surface area contributed by atoms with Crippen molar-refractivity contribution < 1.29 is 9.47 Å². The van der Waals surface area contributed by atoms with Crippen LogP contribution in [0.4, 0.5) is 0 Å². The van der Waals surface area contributed by atoms with Gasteiger partial charge in [0.15, 0.2) is 0 Å². The smallest absolute Gasteiger partial charge is 0.126 e. The van der Waals surface area contributed by atoms with Crippen LogP contribution in [0.25, 0.3) is 0 Å². The monoisotopic (exact) mass is 347 g/mol. The van der Waals surface area contributed by atoms with Crippen molar-refractivity contribution >= 4 is 0 Å². The average Bonchev–Trinajstić information content (AvgIpc) is 2.57. The lowest BCUT2D eigenvalue weighted by Gasteiger charge is -2.39. The zero-order valence-corrected chi connectivity index (χ0v) is 16.8. The molecule has 3 nitrogen and oxygen atoms in total. The maximum Gasteiger partial charge on any atom is 0.126 e. The van der Waals surface area contributed by atoms with Crippen LogP contribution in [0.3, 0.4) is 0 Å². The molecule has 1 aliphatic rings. The highest BCUT2D eigenvalue weighted by Crippen LogP contribution is 2.45. The summed E-state index contributed by atoms with van der Waals surface area (Å²) >= 11 is 0. The molecule has 1 aliphatic carbocycles. The van der Waals surface area contributed by atoms with Crippen LogP contribution < -0.4 is 15.2 Å². The number of ether oxygens (including phenoxy) is 2. The number of rotatable bonds is 7.